The number of hydrogen-bond acceptors (Lipinski definition) is 4. The van der Waals surface area contributed by atoms with Crippen LogP contribution in [0.3, 0.4) is 0 Å². The summed E-state index contributed by atoms with van der Waals surface area (Å²) in [5.74, 6) is -1.44. The molecule has 5 atom stereocenters. The largest absolute Gasteiger partial charge is 0.456 e. The van der Waals surface area contributed by atoms with Crippen molar-refractivity contribution in [2.24, 2.45) is 5.92 Å². The fraction of sp³-hybridized carbons (Fsp3) is 0.889. The third-order valence-corrected chi connectivity index (χ3v) is 3.15. The predicted octanol–water partition coefficient (Wildman–Crippen LogP) is 0.647. The molecule has 0 aromatic heterocycles. The SMILES string of the molecule is O=C(OCC(F)(F)F)[C@@H]1C[C@H]2O[C@@H]1[C@H]1O[C@H]12. The third kappa shape index (κ3) is 1.58. The van der Waals surface area contributed by atoms with E-state index in [1.54, 1.807) is 0 Å². The molecule has 0 saturated carbocycles. The Morgan fingerprint density at radius 3 is 2.56 bits per heavy atom. The molecule has 0 amide bonds. The Bertz CT molecular complexity index is 329. The molecule has 3 saturated heterocycles. The van der Waals surface area contributed by atoms with Gasteiger partial charge in [0.15, 0.2) is 6.61 Å². The van der Waals surface area contributed by atoms with Crippen molar-refractivity contribution >= 4 is 5.97 Å². The van der Waals surface area contributed by atoms with Crippen LogP contribution < -0.4 is 0 Å². The van der Waals surface area contributed by atoms with Crippen molar-refractivity contribution in [3.63, 3.8) is 0 Å². The number of hydrogen-bond donors (Lipinski definition) is 0. The van der Waals surface area contributed by atoms with E-state index >= 15 is 0 Å². The zero-order valence-electron chi connectivity index (χ0n) is 8.07. The first-order chi connectivity index (χ1) is 7.46. The van der Waals surface area contributed by atoms with E-state index in [1.165, 1.54) is 0 Å². The van der Waals surface area contributed by atoms with E-state index in [0.29, 0.717) is 6.42 Å². The molecule has 4 nitrogen and oxygen atoms in total. The summed E-state index contributed by atoms with van der Waals surface area (Å²) in [6.07, 6.45) is -4.68. The monoisotopic (exact) mass is 238 g/mol. The van der Waals surface area contributed by atoms with Gasteiger partial charge in [0, 0.05) is 0 Å². The van der Waals surface area contributed by atoms with Gasteiger partial charge < -0.3 is 14.2 Å². The Morgan fingerprint density at radius 2 is 2.00 bits per heavy atom. The third-order valence-electron chi connectivity index (χ3n) is 3.15. The van der Waals surface area contributed by atoms with E-state index in [4.69, 9.17) is 9.47 Å². The standard InChI is InChI=1S/C9H9F3O4/c10-9(11,12)2-14-8(13)3-1-4-6-7(16-6)5(3)15-4/h3-7H,1-2H2/t3-,4-,5+,6+,7-/m1/s1. The number of esters is 1. The Labute approximate surface area is 88.6 Å². The normalized spacial score (nSPS) is 44.3. The molecule has 0 aliphatic carbocycles. The second kappa shape index (κ2) is 3.10. The highest BCUT2D eigenvalue weighted by Gasteiger charge is 2.66. The second-order valence-electron chi connectivity index (χ2n) is 4.27. The molecule has 90 valence electrons. The van der Waals surface area contributed by atoms with Crippen molar-refractivity contribution in [2.75, 3.05) is 6.61 Å². The van der Waals surface area contributed by atoms with Gasteiger partial charge in [0.05, 0.1) is 12.0 Å². The van der Waals surface area contributed by atoms with Crippen LogP contribution in [0.25, 0.3) is 0 Å². The number of fused-ring (bicyclic) bond motifs is 5. The fourth-order valence-corrected chi connectivity index (χ4v) is 2.44. The summed E-state index contributed by atoms with van der Waals surface area (Å²) < 4.78 is 50.3. The van der Waals surface area contributed by atoms with Crippen LogP contribution in [-0.4, -0.2) is 43.2 Å². The molecule has 0 spiro atoms. The Hall–Kier alpha value is -0.820. The maximum absolute atomic E-state index is 11.8. The summed E-state index contributed by atoms with van der Waals surface area (Å²) in [5.41, 5.74) is 0. The van der Waals surface area contributed by atoms with E-state index in [9.17, 15) is 18.0 Å². The van der Waals surface area contributed by atoms with Crippen molar-refractivity contribution in [1.82, 2.24) is 0 Å². The molecule has 3 heterocycles. The maximum atomic E-state index is 11.8. The van der Waals surface area contributed by atoms with Gasteiger partial charge in [0.25, 0.3) is 0 Å². The number of ether oxygens (including phenoxy) is 3. The number of carbonyl (C=O) groups is 1. The zero-order valence-corrected chi connectivity index (χ0v) is 8.07. The Kier molecular flexibility index (Phi) is 2.00. The van der Waals surface area contributed by atoms with Gasteiger partial charge in [-0.3, -0.25) is 4.79 Å². The van der Waals surface area contributed by atoms with Gasteiger partial charge in [-0.05, 0) is 6.42 Å². The van der Waals surface area contributed by atoms with Gasteiger partial charge in [-0.25, -0.2) is 0 Å². The van der Waals surface area contributed by atoms with Crippen molar-refractivity contribution in [3.05, 3.63) is 0 Å². The lowest BCUT2D eigenvalue weighted by Crippen LogP contribution is -2.33. The molecular weight excluding hydrogens is 229 g/mol. The molecule has 3 aliphatic heterocycles. The van der Waals surface area contributed by atoms with Gasteiger partial charge in [0.2, 0.25) is 0 Å². The lowest BCUT2D eigenvalue weighted by Gasteiger charge is -2.16. The van der Waals surface area contributed by atoms with Crippen LogP contribution in [0.4, 0.5) is 13.2 Å². The first kappa shape index (κ1) is 10.3. The highest BCUT2D eigenvalue weighted by atomic mass is 19.4. The number of halogens is 3. The van der Waals surface area contributed by atoms with E-state index in [2.05, 4.69) is 4.74 Å². The van der Waals surface area contributed by atoms with Crippen LogP contribution in [-0.2, 0) is 19.0 Å². The van der Waals surface area contributed by atoms with Gasteiger partial charge in [0.1, 0.15) is 18.3 Å². The molecule has 0 aromatic carbocycles. The van der Waals surface area contributed by atoms with E-state index < -0.39 is 30.8 Å². The van der Waals surface area contributed by atoms with E-state index in [-0.39, 0.29) is 18.3 Å². The van der Waals surface area contributed by atoms with E-state index in [1.807, 2.05) is 0 Å². The van der Waals surface area contributed by atoms with Gasteiger partial charge in [-0.15, -0.1) is 0 Å². The number of epoxide rings is 1. The van der Waals surface area contributed by atoms with Gasteiger partial charge in [-0.1, -0.05) is 0 Å². The molecule has 0 unspecified atom stereocenters. The topological polar surface area (TPSA) is 48.1 Å². The Balaban J connectivity index is 1.56. The van der Waals surface area contributed by atoms with Crippen LogP contribution in [0.5, 0.6) is 0 Å². The fourth-order valence-electron chi connectivity index (χ4n) is 2.44. The van der Waals surface area contributed by atoms with Crippen LogP contribution in [0.15, 0.2) is 0 Å². The highest BCUT2D eigenvalue weighted by Crippen LogP contribution is 2.51. The maximum Gasteiger partial charge on any atom is 0.422 e. The summed E-state index contributed by atoms with van der Waals surface area (Å²) in [4.78, 5) is 11.4. The van der Waals surface area contributed by atoms with Crippen LogP contribution >= 0.6 is 0 Å². The van der Waals surface area contributed by atoms with Crippen LogP contribution in [0.2, 0.25) is 0 Å². The van der Waals surface area contributed by atoms with Gasteiger partial charge in [-0.2, -0.15) is 13.2 Å². The number of alkyl halides is 3. The molecule has 16 heavy (non-hydrogen) atoms. The van der Waals surface area contributed by atoms with Crippen molar-refractivity contribution in [1.29, 1.82) is 0 Å². The number of carbonyl (C=O) groups excluding carboxylic acids is 1. The summed E-state index contributed by atoms with van der Waals surface area (Å²) in [6.45, 7) is -1.53. The lowest BCUT2D eigenvalue weighted by atomic mass is 9.89. The highest BCUT2D eigenvalue weighted by molar-refractivity contribution is 5.74. The summed E-state index contributed by atoms with van der Waals surface area (Å²) >= 11 is 0. The zero-order chi connectivity index (χ0) is 11.5. The van der Waals surface area contributed by atoms with Gasteiger partial charge >= 0.3 is 12.1 Å². The summed E-state index contributed by atoms with van der Waals surface area (Å²) in [6, 6.07) is 0. The number of rotatable bonds is 2. The molecule has 3 rings (SSSR count). The second-order valence-corrected chi connectivity index (χ2v) is 4.27. The Morgan fingerprint density at radius 1 is 1.25 bits per heavy atom. The van der Waals surface area contributed by atoms with Crippen molar-refractivity contribution in [3.8, 4) is 0 Å². The quantitative estimate of drug-likeness (QED) is 0.523. The lowest BCUT2D eigenvalue weighted by molar-refractivity contribution is -0.190. The molecule has 7 heteroatoms. The molecule has 2 bridgehead atoms. The molecule has 3 fully saturated rings. The summed E-state index contributed by atoms with van der Waals surface area (Å²) in [5, 5.41) is 0. The average molecular weight is 238 g/mol. The molecule has 3 aliphatic rings. The van der Waals surface area contributed by atoms with Crippen molar-refractivity contribution < 1.29 is 32.2 Å². The minimum atomic E-state index is -4.48. The minimum Gasteiger partial charge on any atom is -0.456 e. The van der Waals surface area contributed by atoms with Crippen molar-refractivity contribution in [2.45, 2.75) is 37.0 Å². The van der Waals surface area contributed by atoms with Crippen LogP contribution in [0.1, 0.15) is 6.42 Å². The van der Waals surface area contributed by atoms with Crippen LogP contribution in [0, 0.1) is 5.92 Å². The molecule has 0 N–H and O–H groups in total. The first-order valence-corrected chi connectivity index (χ1v) is 5.00. The summed E-state index contributed by atoms with van der Waals surface area (Å²) in [7, 11) is 0. The van der Waals surface area contributed by atoms with E-state index in [0.717, 1.165) is 0 Å². The average Bonchev–Trinajstić information content (AvgIpc) is 2.80. The molecule has 0 radical (unpaired) electrons. The molecular formula is C9H9F3O4. The smallest absolute Gasteiger partial charge is 0.422 e. The minimum absolute atomic E-state index is 0.0525. The first-order valence-electron chi connectivity index (χ1n) is 5.00. The predicted molar refractivity (Wildman–Crippen MR) is 42.4 cm³/mol. The molecule has 0 aromatic rings.